The van der Waals surface area contributed by atoms with E-state index in [-0.39, 0.29) is 16.1 Å². The summed E-state index contributed by atoms with van der Waals surface area (Å²) >= 11 is 5.97. The maximum atomic E-state index is 11.8. The molecular formula is C19H21ClN8O2S. The molecule has 0 aliphatic carbocycles. The molecule has 0 saturated heterocycles. The molecule has 0 aliphatic heterocycles. The number of sulfone groups is 1. The van der Waals surface area contributed by atoms with Crippen LogP contribution in [0.5, 0.6) is 0 Å². The van der Waals surface area contributed by atoms with Crippen molar-refractivity contribution in [3.8, 4) is 11.5 Å². The van der Waals surface area contributed by atoms with Gasteiger partial charge in [0.2, 0.25) is 15.0 Å². The van der Waals surface area contributed by atoms with Gasteiger partial charge in [0.25, 0.3) is 0 Å². The first kappa shape index (κ1) is 21.1. The topological polar surface area (TPSA) is 133 Å². The highest BCUT2D eigenvalue weighted by molar-refractivity contribution is 7.90. The van der Waals surface area contributed by atoms with Crippen LogP contribution in [0.25, 0.3) is 22.6 Å². The summed E-state index contributed by atoms with van der Waals surface area (Å²) in [5.41, 5.74) is 3.97. The lowest BCUT2D eigenvalue weighted by atomic mass is 10.2. The normalized spacial score (nSPS) is 11.7. The number of nitrogens with one attached hydrogen (secondary N) is 3. The summed E-state index contributed by atoms with van der Waals surface area (Å²) in [7, 11) is -3.61. The lowest BCUT2D eigenvalue weighted by Gasteiger charge is -2.20. The van der Waals surface area contributed by atoms with Gasteiger partial charge in [-0.15, -0.1) is 0 Å². The van der Waals surface area contributed by atoms with Crippen LogP contribution in [0.3, 0.4) is 0 Å². The van der Waals surface area contributed by atoms with Crippen molar-refractivity contribution in [2.75, 3.05) is 29.6 Å². The second kappa shape index (κ2) is 8.16. The van der Waals surface area contributed by atoms with Gasteiger partial charge in [-0.1, -0.05) is 11.6 Å². The first-order valence-corrected chi connectivity index (χ1v) is 11.9. The summed E-state index contributed by atoms with van der Waals surface area (Å²) in [6.45, 7) is 6.05. The van der Waals surface area contributed by atoms with Gasteiger partial charge in [0.05, 0.1) is 22.9 Å². The number of rotatable bonds is 7. The van der Waals surface area contributed by atoms with Crippen molar-refractivity contribution in [2.24, 2.45) is 0 Å². The minimum Gasteiger partial charge on any atom is -0.372 e. The van der Waals surface area contributed by atoms with Crippen molar-refractivity contribution >= 4 is 49.7 Å². The SMILES string of the molecule is CCN(CC)c1ccc2nc(-c3[nH]ncc3Nc3cc(Cl)nc(S(C)(=O)=O)n3)[nH]c2c1. The van der Waals surface area contributed by atoms with Gasteiger partial charge < -0.3 is 15.2 Å². The monoisotopic (exact) mass is 460 g/mol. The average Bonchev–Trinajstić information content (AvgIpc) is 3.34. The Morgan fingerprint density at radius 3 is 2.61 bits per heavy atom. The van der Waals surface area contributed by atoms with E-state index in [1.165, 1.54) is 6.07 Å². The van der Waals surface area contributed by atoms with Crippen LogP contribution in [0, 0.1) is 0 Å². The van der Waals surface area contributed by atoms with Gasteiger partial charge in [0.15, 0.2) is 5.82 Å². The van der Waals surface area contributed by atoms with Crippen molar-refractivity contribution in [3.05, 3.63) is 35.6 Å². The van der Waals surface area contributed by atoms with Gasteiger partial charge in [-0.05, 0) is 32.0 Å². The van der Waals surface area contributed by atoms with Crippen molar-refractivity contribution in [1.82, 2.24) is 30.1 Å². The van der Waals surface area contributed by atoms with Crippen LogP contribution in [0.1, 0.15) is 13.8 Å². The second-order valence-electron chi connectivity index (χ2n) is 6.87. The molecule has 0 fully saturated rings. The first-order valence-electron chi connectivity index (χ1n) is 9.58. The summed E-state index contributed by atoms with van der Waals surface area (Å²) in [6.07, 6.45) is 2.58. The highest BCUT2D eigenvalue weighted by Gasteiger charge is 2.17. The summed E-state index contributed by atoms with van der Waals surface area (Å²) in [5, 5.41) is 9.68. The maximum Gasteiger partial charge on any atom is 0.250 e. The Kier molecular flexibility index (Phi) is 5.54. The molecule has 3 heterocycles. The Balaban J connectivity index is 1.69. The van der Waals surface area contributed by atoms with Gasteiger partial charge >= 0.3 is 0 Å². The maximum absolute atomic E-state index is 11.8. The molecule has 3 aromatic heterocycles. The molecular weight excluding hydrogens is 440 g/mol. The van der Waals surface area contributed by atoms with Gasteiger partial charge in [-0.25, -0.2) is 23.4 Å². The number of hydrogen-bond donors (Lipinski definition) is 3. The van der Waals surface area contributed by atoms with E-state index < -0.39 is 9.84 Å². The fourth-order valence-corrected chi connectivity index (χ4v) is 3.99. The minimum absolute atomic E-state index is 0.00985. The highest BCUT2D eigenvalue weighted by atomic mass is 35.5. The van der Waals surface area contributed by atoms with Crippen molar-refractivity contribution in [2.45, 2.75) is 19.0 Å². The molecule has 0 aliphatic rings. The summed E-state index contributed by atoms with van der Waals surface area (Å²) < 4.78 is 23.6. The van der Waals surface area contributed by atoms with Gasteiger partial charge in [0.1, 0.15) is 16.7 Å². The molecule has 10 nitrogen and oxygen atoms in total. The van der Waals surface area contributed by atoms with Crippen LogP contribution in [0.15, 0.2) is 35.6 Å². The number of imidazole rings is 1. The zero-order valence-corrected chi connectivity index (χ0v) is 18.7. The standard InChI is InChI=1S/C19H21ClN8O2S/c1-4-28(5-2)11-6-7-12-13(8-11)24-18(23-12)17-14(10-21-27-17)22-16-9-15(20)25-19(26-16)31(3,29)30/h6-10H,4-5H2,1-3H3,(H,21,27)(H,23,24)(H,22,25,26). The molecule has 0 unspecified atom stereocenters. The molecule has 0 bridgehead atoms. The molecule has 1 aromatic carbocycles. The Morgan fingerprint density at radius 1 is 1.13 bits per heavy atom. The number of hydrogen-bond acceptors (Lipinski definition) is 8. The van der Waals surface area contributed by atoms with Crippen LogP contribution in [0.4, 0.5) is 17.2 Å². The van der Waals surface area contributed by atoms with Gasteiger partial charge in [-0.3, -0.25) is 5.10 Å². The number of halogens is 1. The van der Waals surface area contributed by atoms with E-state index in [1.807, 2.05) is 12.1 Å². The number of anilines is 3. The molecule has 0 spiro atoms. The van der Waals surface area contributed by atoms with Crippen molar-refractivity contribution < 1.29 is 8.42 Å². The minimum atomic E-state index is -3.61. The number of benzene rings is 1. The third-order valence-corrected chi connectivity index (χ3v) is 5.78. The van der Waals surface area contributed by atoms with E-state index in [0.29, 0.717) is 17.2 Å². The van der Waals surface area contributed by atoms with E-state index in [9.17, 15) is 8.42 Å². The molecule has 3 N–H and O–H groups in total. The van der Waals surface area contributed by atoms with E-state index >= 15 is 0 Å². The van der Waals surface area contributed by atoms with E-state index in [1.54, 1.807) is 6.20 Å². The molecule has 12 heteroatoms. The fourth-order valence-electron chi connectivity index (χ4n) is 3.23. The van der Waals surface area contributed by atoms with Crippen molar-refractivity contribution in [3.63, 3.8) is 0 Å². The van der Waals surface area contributed by atoms with Crippen LogP contribution >= 0.6 is 11.6 Å². The number of aromatic amines is 2. The zero-order valence-electron chi connectivity index (χ0n) is 17.1. The van der Waals surface area contributed by atoms with Crippen LogP contribution in [0.2, 0.25) is 5.15 Å². The summed E-state index contributed by atoms with van der Waals surface area (Å²) in [5.74, 6) is 0.804. The Morgan fingerprint density at radius 2 is 1.90 bits per heavy atom. The Labute approximate surface area is 184 Å². The number of fused-ring (bicyclic) bond motifs is 1. The van der Waals surface area contributed by atoms with Crippen molar-refractivity contribution in [1.29, 1.82) is 0 Å². The highest BCUT2D eigenvalue weighted by Crippen LogP contribution is 2.29. The third-order valence-electron chi connectivity index (χ3n) is 4.74. The zero-order chi connectivity index (χ0) is 22.2. The van der Waals surface area contributed by atoms with E-state index in [0.717, 1.165) is 36.1 Å². The lowest BCUT2D eigenvalue weighted by Crippen LogP contribution is -2.21. The molecule has 4 rings (SSSR count). The quantitative estimate of drug-likeness (QED) is 0.282. The van der Waals surface area contributed by atoms with Crippen LogP contribution in [-0.4, -0.2) is 57.9 Å². The number of H-pyrrole nitrogens is 2. The Hall–Kier alpha value is -3.18. The predicted octanol–water partition coefficient (Wildman–Crippen LogP) is 3.39. The molecule has 0 amide bonds. The van der Waals surface area contributed by atoms with Crippen LogP contribution < -0.4 is 10.2 Å². The molecule has 4 aromatic rings. The largest absolute Gasteiger partial charge is 0.372 e. The predicted molar refractivity (Wildman–Crippen MR) is 121 cm³/mol. The lowest BCUT2D eigenvalue weighted by molar-refractivity contribution is 0.593. The molecule has 0 atom stereocenters. The van der Waals surface area contributed by atoms with Crippen LogP contribution in [-0.2, 0) is 9.84 Å². The average molecular weight is 461 g/mol. The fraction of sp³-hybridized carbons (Fsp3) is 0.263. The van der Waals surface area contributed by atoms with E-state index in [2.05, 4.69) is 60.3 Å². The molecule has 0 radical (unpaired) electrons. The summed E-state index contributed by atoms with van der Waals surface area (Å²) in [4.78, 5) is 18.0. The summed E-state index contributed by atoms with van der Waals surface area (Å²) in [6, 6.07) is 7.50. The number of aromatic nitrogens is 6. The Bertz CT molecular complexity index is 1340. The molecule has 0 saturated carbocycles. The first-order chi connectivity index (χ1) is 14.8. The van der Waals surface area contributed by atoms with E-state index in [4.69, 9.17) is 11.6 Å². The smallest absolute Gasteiger partial charge is 0.250 e. The van der Waals surface area contributed by atoms with Gasteiger partial charge in [-0.2, -0.15) is 5.10 Å². The van der Waals surface area contributed by atoms with Gasteiger partial charge in [0, 0.05) is 31.1 Å². The molecule has 31 heavy (non-hydrogen) atoms. The second-order valence-corrected chi connectivity index (χ2v) is 9.17. The molecule has 162 valence electrons. The number of nitrogens with zero attached hydrogens (tertiary/aromatic N) is 5. The third kappa shape index (κ3) is 4.32.